The van der Waals surface area contributed by atoms with Crippen molar-refractivity contribution in [2.24, 2.45) is 5.92 Å². The first kappa shape index (κ1) is 11.1. The van der Waals surface area contributed by atoms with Gasteiger partial charge in [0.05, 0.1) is 6.04 Å². The lowest BCUT2D eigenvalue weighted by molar-refractivity contribution is 0.354. The van der Waals surface area contributed by atoms with Crippen LogP contribution in [-0.2, 0) is 0 Å². The van der Waals surface area contributed by atoms with Gasteiger partial charge in [-0.05, 0) is 19.8 Å². The second kappa shape index (κ2) is 5.05. The SMILES string of the molecule is CCC(C)C(C)NC(C)c1nn[nH]n1. The van der Waals surface area contributed by atoms with E-state index < -0.39 is 0 Å². The maximum atomic E-state index is 3.94. The van der Waals surface area contributed by atoms with Crippen LogP contribution in [0.3, 0.4) is 0 Å². The van der Waals surface area contributed by atoms with Crippen LogP contribution in [0.25, 0.3) is 0 Å². The molecule has 0 aromatic carbocycles. The van der Waals surface area contributed by atoms with Crippen LogP contribution >= 0.6 is 0 Å². The molecule has 0 bridgehead atoms. The minimum absolute atomic E-state index is 0.151. The molecule has 0 fully saturated rings. The summed E-state index contributed by atoms with van der Waals surface area (Å²) in [4.78, 5) is 0. The lowest BCUT2D eigenvalue weighted by Crippen LogP contribution is -2.34. The Kier molecular flexibility index (Phi) is 4.00. The van der Waals surface area contributed by atoms with E-state index in [0.29, 0.717) is 12.0 Å². The number of hydrogen-bond donors (Lipinski definition) is 2. The molecule has 1 aromatic heterocycles. The summed E-state index contributed by atoms with van der Waals surface area (Å²) in [5.41, 5.74) is 0. The molecule has 5 nitrogen and oxygen atoms in total. The molecule has 5 heteroatoms. The van der Waals surface area contributed by atoms with Crippen LogP contribution in [0.2, 0.25) is 0 Å². The van der Waals surface area contributed by atoms with Crippen molar-refractivity contribution in [2.45, 2.75) is 46.2 Å². The fraction of sp³-hybridized carbons (Fsp3) is 0.889. The number of H-pyrrole nitrogens is 1. The van der Waals surface area contributed by atoms with Crippen LogP contribution in [0.4, 0.5) is 0 Å². The van der Waals surface area contributed by atoms with Crippen LogP contribution < -0.4 is 5.32 Å². The molecule has 0 radical (unpaired) electrons. The highest BCUT2D eigenvalue weighted by Gasteiger charge is 2.16. The third kappa shape index (κ3) is 2.77. The van der Waals surface area contributed by atoms with E-state index in [0.717, 1.165) is 5.82 Å². The topological polar surface area (TPSA) is 66.5 Å². The molecule has 0 aliphatic rings. The van der Waals surface area contributed by atoms with Gasteiger partial charge < -0.3 is 5.32 Å². The van der Waals surface area contributed by atoms with E-state index in [2.05, 4.69) is 46.7 Å². The highest BCUT2D eigenvalue weighted by molar-refractivity contribution is 4.87. The predicted molar refractivity (Wildman–Crippen MR) is 54.6 cm³/mol. The van der Waals surface area contributed by atoms with Crippen molar-refractivity contribution in [1.82, 2.24) is 25.9 Å². The number of aromatic amines is 1. The Morgan fingerprint density at radius 3 is 2.57 bits per heavy atom. The molecule has 0 spiro atoms. The van der Waals surface area contributed by atoms with E-state index in [9.17, 15) is 0 Å². The van der Waals surface area contributed by atoms with E-state index >= 15 is 0 Å². The summed E-state index contributed by atoms with van der Waals surface area (Å²) >= 11 is 0. The van der Waals surface area contributed by atoms with Crippen molar-refractivity contribution in [3.63, 3.8) is 0 Å². The highest BCUT2D eigenvalue weighted by Crippen LogP contribution is 2.12. The largest absolute Gasteiger partial charge is 0.305 e. The lowest BCUT2D eigenvalue weighted by Gasteiger charge is -2.22. The highest BCUT2D eigenvalue weighted by atomic mass is 15.5. The fourth-order valence-corrected chi connectivity index (χ4v) is 1.34. The molecule has 3 unspecified atom stereocenters. The van der Waals surface area contributed by atoms with E-state index in [4.69, 9.17) is 0 Å². The summed E-state index contributed by atoms with van der Waals surface area (Å²) < 4.78 is 0. The first-order valence-electron chi connectivity index (χ1n) is 5.14. The van der Waals surface area contributed by atoms with Crippen LogP contribution in [0.1, 0.15) is 46.0 Å². The molecule has 0 amide bonds. The lowest BCUT2D eigenvalue weighted by atomic mass is 10.0. The van der Waals surface area contributed by atoms with Gasteiger partial charge in [0.15, 0.2) is 5.82 Å². The molecule has 2 N–H and O–H groups in total. The molecule has 1 aromatic rings. The molecule has 0 saturated heterocycles. The van der Waals surface area contributed by atoms with Gasteiger partial charge in [-0.15, -0.1) is 10.2 Å². The van der Waals surface area contributed by atoms with Gasteiger partial charge in [-0.2, -0.15) is 5.21 Å². The summed E-state index contributed by atoms with van der Waals surface area (Å²) in [6.07, 6.45) is 1.17. The van der Waals surface area contributed by atoms with Crippen molar-refractivity contribution >= 4 is 0 Å². The van der Waals surface area contributed by atoms with Gasteiger partial charge in [0.1, 0.15) is 0 Å². The number of nitrogens with zero attached hydrogens (tertiary/aromatic N) is 3. The number of hydrogen-bond acceptors (Lipinski definition) is 4. The zero-order chi connectivity index (χ0) is 10.6. The zero-order valence-corrected chi connectivity index (χ0v) is 9.28. The molecular formula is C9H19N5. The molecule has 80 valence electrons. The predicted octanol–water partition coefficient (Wildman–Crippen LogP) is 1.28. The van der Waals surface area contributed by atoms with Crippen LogP contribution in [-0.4, -0.2) is 26.7 Å². The van der Waals surface area contributed by atoms with E-state index in [1.165, 1.54) is 6.42 Å². The molecular weight excluding hydrogens is 178 g/mol. The first-order valence-corrected chi connectivity index (χ1v) is 5.14. The zero-order valence-electron chi connectivity index (χ0n) is 9.28. The van der Waals surface area contributed by atoms with Crippen molar-refractivity contribution in [2.75, 3.05) is 0 Å². The monoisotopic (exact) mass is 197 g/mol. The van der Waals surface area contributed by atoms with Gasteiger partial charge in [0.2, 0.25) is 0 Å². The Hall–Kier alpha value is -0.970. The summed E-state index contributed by atoms with van der Waals surface area (Å²) in [7, 11) is 0. The third-order valence-electron chi connectivity index (χ3n) is 2.76. The molecule has 3 atom stereocenters. The van der Waals surface area contributed by atoms with Gasteiger partial charge in [-0.1, -0.05) is 25.5 Å². The molecule has 0 saturated carbocycles. The number of nitrogens with one attached hydrogen (secondary N) is 2. The van der Waals surface area contributed by atoms with Crippen molar-refractivity contribution in [3.05, 3.63) is 5.82 Å². The average Bonchev–Trinajstić information content (AvgIpc) is 2.69. The van der Waals surface area contributed by atoms with Crippen LogP contribution in [0.15, 0.2) is 0 Å². The van der Waals surface area contributed by atoms with Gasteiger partial charge in [-0.25, -0.2) is 0 Å². The van der Waals surface area contributed by atoms with Crippen molar-refractivity contribution < 1.29 is 0 Å². The minimum atomic E-state index is 0.151. The Morgan fingerprint density at radius 1 is 1.36 bits per heavy atom. The Bertz CT molecular complexity index is 246. The summed E-state index contributed by atoms with van der Waals surface area (Å²) in [5, 5.41) is 17.3. The smallest absolute Gasteiger partial charge is 0.191 e. The van der Waals surface area contributed by atoms with E-state index in [-0.39, 0.29) is 6.04 Å². The van der Waals surface area contributed by atoms with Crippen molar-refractivity contribution in [3.8, 4) is 0 Å². The minimum Gasteiger partial charge on any atom is -0.305 e. The second-order valence-corrected chi connectivity index (χ2v) is 3.83. The van der Waals surface area contributed by atoms with Crippen LogP contribution in [0.5, 0.6) is 0 Å². The summed E-state index contributed by atoms with van der Waals surface area (Å²) in [6.45, 7) is 8.66. The Labute approximate surface area is 84.7 Å². The summed E-state index contributed by atoms with van der Waals surface area (Å²) in [6, 6.07) is 0.617. The van der Waals surface area contributed by atoms with Gasteiger partial charge >= 0.3 is 0 Å². The number of aromatic nitrogens is 4. The van der Waals surface area contributed by atoms with E-state index in [1.807, 2.05) is 6.92 Å². The van der Waals surface area contributed by atoms with Gasteiger partial charge in [0, 0.05) is 6.04 Å². The normalized spacial score (nSPS) is 17.7. The maximum absolute atomic E-state index is 3.94. The number of rotatable bonds is 5. The van der Waals surface area contributed by atoms with E-state index in [1.54, 1.807) is 0 Å². The van der Waals surface area contributed by atoms with Gasteiger partial charge in [0.25, 0.3) is 0 Å². The Morgan fingerprint density at radius 2 is 2.07 bits per heavy atom. The van der Waals surface area contributed by atoms with Crippen molar-refractivity contribution in [1.29, 1.82) is 0 Å². The average molecular weight is 197 g/mol. The molecule has 14 heavy (non-hydrogen) atoms. The molecule has 0 aliphatic carbocycles. The van der Waals surface area contributed by atoms with Gasteiger partial charge in [-0.3, -0.25) is 0 Å². The fourth-order valence-electron chi connectivity index (χ4n) is 1.34. The Balaban J connectivity index is 2.44. The molecule has 1 rings (SSSR count). The number of tetrazole rings is 1. The summed E-state index contributed by atoms with van der Waals surface area (Å²) in [5.74, 6) is 1.38. The molecule has 1 heterocycles. The standard InChI is InChI=1S/C9H19N5/c1-5-6(2)7(3)10-8(4)9-11-13-14-12-9/h6-8,10H,5H2,1-4H3,(H,11,12,13,14). The molecule has 0 aliphatic heterocycles. The quantitative estimate of drug-likeness (QED) is 0.746. The van der Waals surface area contributed by atoms with Crippen LogP contribution in [0, 0.1) is 5.92 Å². The first-order chi connectivity index (χ1) is 6.65. The maximum Gasteiger partial charge on any atom is 0.191 e. The third-order valence-corrected chi connectivity index (χ3v) is 2.76. The second-order valence-electron chi connectivity index (χ2n) is 3.83.